The predicted octanol–water partition coefficient (Wildman–Crippen LogP) is 2.63. The zero-order valence-electron chi connectivity index (χ0n) is 19.4. The molecule has 1 aliphatic heterocycles. The van der Waals surface area contributed by atoms with Crippen molar-refractivity contribution in [1.29, 1.82) is 0 Å². The van der Waals surface area contributed by atoms with Gasteiger partial charge >= 0.3 is 0 Å². The minimum absolute atomic E-state index is 0. The molecule has 2 amide bonds. The number of phenolic OH excluding ortho intramolecular Hbond substituents is 1. The van der Waals surface area contributed by atoms with E-state index in [9.17, 15) is 14.7 Å². The summed E-state index contributed by atoms with van der Waals surface area (Å²) >= 11 is 0. The van der Waals surface area contributed by atoms with Crippen LogP contribution in [-0.2, 0) is 15.0 Å². The van der Waals surface area contributed by atoms with Crippen molar-refractivity contribution in [3.63, 3.8) is 0 Å². The van der Waals surface area contributed by atoms with Crippen LogP contribution in [0.1, 0.15) is 64.4 Å². The second kappa shape index (κ2) is 12.4. The lowest BCUT2D eigenvalue weighted by atomic mass is 9.68. The van der Waals surface area contributed by atoms with Crippen molar-refractivity contribution in [2.45, 2.75) is 70.3 Å². The number of nitrogens with zero attached hydrogens (tertiary/aromatic N) is 2. The molecule has 7 nitrogen and oxygen atoms in total. The number of piperidine rings is 1. The van der Waals surface area contributed by atoms with Gasteiger partial charge < -0.3 is 26.1 Å². The number of likely N-dealkylation sites (tertiary alicyclic amines) is 1. The number of carbonyl (C=O) groups excluding carboxylic acids is 2. The Morgan fingerprint density at radius 1 is 1.25 bits per heavy atom. The number of amides is 2. The molecule has 0 unspecified atom stereocenters. The third kappa shape index (κ3) is 6.83. The number of nitrogens with two attached hydrogens (primary N) is 1. The first-order valence-corrected chi connectivity index (χ1v) is 11.4. The number of rotatable bonds is 7. The van der Waals surface area contributed by atoms with Crippen LogP contribution in [0.3, 0.4) is 0 Å². The molecule has 1 aromatic carbocycles. The zero-order chi connectivity index (χ0) is 21.7. The molecule has 182 valence electrons. The van der Waals surface area contributed by atoms with Gasteiger partial charge in [0.2, 0.25) is 11.8 Å². The van der Waals surface area contributed by atoms with Gasteiger partial charge in [-0.1, -0.05) is 45.2 Å². The second-order valence-corrected chi connectivity index (χ2v) is 9.44. The average Bonchev–Trinajstić information content (AvgIpc) is 2.71. The summed E-state index contributed by atoms with van der Waals surface area (Å²) in [5.41, 5.74) is 6.52. The number of benzene rings is 1. The number of phenols is 1. The molecule has 32 heavy (non-hydrogen) atoms. The molecule has 2 aliphatic rings. The van der Waals surface area contributed by atoms with Gasteiger partial charge in [0.05, 0.1) is 0 Å². The Morgan fingerprint density at radius 3 is 2.53 bits per heavy atom. The summed E-state index contributed by atoms with van der Waals surface area (Å²) in [6.45, 7) is 7.95. The minimum Gasteiger partial charge on any atom is -0.508 e. The largest absolute Gasteiger partial charge is 0.508 e. The molecule has 0 aromatic heterocycles. The van der Waals surface area contributed by atoms with Crippen molar-refractivity contribution in [1.82, 2.24) is 9.80 Å². The normalized spacial score (nSPS) is 24.1. The van der Waals surface area contributed by atoms with E-state index >= 15 is 0 Å². The van der Waals surface area contributed by atoms with Crippen molar-refractivity contribution in [3.05, 3.63) is 29.8 Å². The van der Waals surface area contributed by atoms with E-state index in [1.807, 2.05) is 17.0 Å². The minimum atomic E-state index is -0.547. The van der Waals surface area contributed by atoms with Crippen molar-refractivity contribution in [2.24, 2.45) is 11.7 Å². The molecule has 0 spiro atoms. The third-order valence-electron chi connectivity index (χ3n) is 7.39. The Hall–Kier alpha value is -1.83. The van der Waals surface area contributed by atoms with Crippen LogP contribution in [0.15, 0.2) is 24.3 Å². The molecule has 0 bridgehead atoms. The second-order valence-electron chi connectivity index (χ2n) is 9.44. The summed E-state index contributed by atoms with van der Waals surface area (Å²) in [4.78, 5) is 28.4. The Balaban J connectivity index is 0.00000256. The Bertz CT molecular complexity index is 757. The van der Waals surface area contributed by atoms with E-state index in [-0.39, 0.29) is 41.7 Å². The van der Waals surface area contributed by atoms with E-state index in [1.165, 1.54) is 12.0 Å². The molecule has 3 rings (SSSR count). The van der Waals surface area contributed by atoms with E-state index in [0.29, 0.717) is 18.2 Å². The molecule has 1 saturated heterocycles. The van der Waals surface area contributed by atoms with Crippen LogP contribution in [0.4, 0.5) is 0 Å². The van der Waals surface area contributed by atoms with Crippen LogP contribution in [0.5, 0.6) is 5.75 Å². The van der Waals surface area contributed by atoms with E-state index in [2.05, 4.69) is 24.8 Å². The number of hydrogen-bond acceptors (Lipinski definition) is 4. The standard InChI is InChI=1S/C24H37N3O3.ClH.H2O/c1-18-17-26(12-11-24(18,2)19-7-6-10-21(28)15-19)13-14-27(23(30)16-22(25)29)20-8-4-3-5-9-20;;/h6-7,10,15,18,20,28H,3-5,8-9,11-14,16-17H2,1-2H3,(H2,25,29);1H;1H2/t18-,24-;;/m0../s1. The third-order valence-corrected chi connectivity index (χ3v) is 7.39. The highest BCUT2D eigenvalue weighted by atomic mass is 35.5. The highest BCUT2D eigenvalue weighted by Gasteiger charge is 2.38. The van der Waals surface area contributed by atoms with E-state index in [1.54, 1.807) is 6.07 Å². The number of primary amides is 1. The van der Waals surface area contributed by atoms with E-state index in [4.69, 9.17) is 5.73 Å². The van der Waals surface area contributed by atoms with Gasteiger partial charge in [0.25, 0.3) is 0 Å². The summed E-state index contributed by atoms with van der Waals surface area (Å²) in [5, 5.41) is 9.90. The quantitative estimate of drug-likeness (QED) is 0.596. The molecule has 0 radical (unpaired) electrons. The fourth-order valence-corrected chi connectivity index (χ4v) is 5.21. The molecule has 8 heteroatoms. The Labute approximate surface area is 198 Å². The van der Waals surface area contributed by atoms with Crippen LogP contribution in [0.2, 0.25) is 0 Å². The Kier molecular flexibility index (Phi) is 10.9. The van der Waals surface area contributed by atoms with Gasteiger partial charge in [-0.2, -0.15) is 0 Å². The number of aromatic hydroxyl groups is 1. The molecule has 1 aromatic rings. The van der Waals surface area contributed by atoms with Gasteiger partial charge in [0, 0.05) is 25.7 Å². The predicted molar refractivity (Wildman–Crippen MR) is 129 cm³/mol. The van der Waals surface area contributed by atoms with Gasteiger partial charge in [-0.05, 0) is 54.8 Å². The van der Waals surface area contributed by atoms with Crippen LogP contribution >= 0.6 is 12.4 Å². The SMILES string of the molecule is C[C@H]1CN(CCN(C(=O)CC(N)=O)C2CCCCC2)CC[C@]1(C)c1cccc(O)c1.Cl.O. The highest BCUT2D eigenvalue weighted by Crippen LogP contribution is 2.40. The highest BCUT2D eigenvalue weighted by molar-refractivity contribution is 5.96. The van der Waals surface area contributed by atoms with Gasteiger partial charge in [0.15, 0.2) is 0 Å². The summed E-state index contributed by atoms with van der Waals surface area (Å²) in [5.74, 6) is 0.0790. The molecular weight excluding hydrogens is 430 g/mol. The maximum Gasteiger partial charge on any atom is 0.232 e. The number of carbonyl (C=O) groups is 2. The number of hydrogen-bond donors (Lipinski definition) is 2. The summed E-state index contributed by atoms with van der Waals surface area (Å²) in [6.07, 6.45) is 6.39. The fourth-order valence-electron chi connectivity index (χ4n) is 5.21. The van der Waals surface area contributed by atoms with Crippen LogP contribution in [-0.4, -0.2) is 64.4 Å². The molecule has 2 fully saturated rings. The monoisotopic (exact) mass is 469 g/mol. The van der Waals surface area contributed by atoms with E-state index < -0.39 is 5.91 Å². The maximum atomic E-state index is 12.7. The van der Waals surface area contributed by atoms with Crippen molar-refractivity contribution < 1.29 is 20.2 Å². The van der Waals surface area contributed by atoms with Crippen molar-refractivity contribution in [3.8, 4) is 5.75 Å². The number of halogens is 1. The van der Waals surface area contributed by atoms with Gasteiger partial charge in [-0.3, -0.25) is 9.59 Å². The molecule has 5 N–H and O–H groups in total. The van der Waals surface area contributed by atoms with Gasteiger partial charge in [-0.25, -0.2) is 0 Å². The zero-order valence-corrected chi connectivity index (χ0v) is 20.2. The Morgan fingerprint density at radius 2 is 1.94 bits per heavy atom. The fraction of sp³-hybridized carbons (Fsp3) is 0.667. The lowest BCUT2D eigenvalue weighted by molar-refractivity contribution is -0.137. The molecule has 1 saturated carbocycles. The first-order valence-electron chi connectivity index (χ1n) is 11.4. The average molecular weight is 470 g/mol. The molecule has 2 atom stereocenters. The van der Waals surface area contributed by atoms with Crippen LogP contribution in [0.25, 0.3) is 0 Å². The first-order chi connectivity index (χ1) is 14.3. The smallest absolute Gasteiger partial charge is 0.232 e. The summed E-state index contributed by atoms with van der Waals surface area (Å²) in [7, 11) is 0. The van der Waals surface area contributed by atoms with E-state index in [0.717, 1.165) is 51.7 Å². The maximum absolute atomic E-state index is 12.7. The summed E-state index contributed by atoms with van der Waals surface area (Å²) < 4.78 is 0. The van der Waals surface area contributed by atoms with Gasteiger partial charge in [0.1, 0.15) is 12.2 Å². The molecule has 1 aliphatic carbocycles. The lowest BCUT2D eigenvalue weighted by Crippen LogP contribution is -2.51. The van der Waals surface area contributed by atoms with Crippen molar-refractivity contribution >= 4 is 24.2 Å². The lowest BCUT2D eigenvalue weighted by Gasteiger charge is -2.46. The van der Waals surface area contributed by atoms with Crippen LogP contribution in [0, 0.1) is 5.92 Å². The van der Waals surface area contributed by atoms with Crippen LogP contribution < -0.4 is 5.73 Å². The van der Waals surface area contributed by atoms with Gasteiger partial charge in [-0.15, -0.1) is 12.4 Å². The van der Waals surface area contributed by atoms with Crippen molar-refractivity contribution in [2.75, 3.05) is 26.2 Å². The topological polar surface area (TPSA) is 118 Å². The first kappa shape index (κ1) is 28.2. The molecular formula is C24H40ClN3O4. The molecule has 1 heterocycles. The summed E-state index contributed by atoms with van der Waals surface area (Å²) in [6, 6.07) is 7.88.